The van der Waals surface area contributed by atoms with Gasteiger partial charge in [0, 0.05) is 43.5 Å². The minimum absolute atomic E-state index is 0.0707. The van der Waals surface area contributed by atoms with Crippen LogP contribution in [0, 0.1) is 6.92 Å². The second kappa shape index (κ2) is 12.5. The Morgan fingerprint density at radius 3 is 2.33 bits per heavy atom. The fourth-order valence-corrected chi connectivity index (χ4v) is 6.23. The van der Waals surface area contributed by atoms with Crippen LogP contribution in [0.5, 0.6) is 0 Å². The molecule has 0 unspecified atom stereocenters. The van der Waals surface area contributed by atoms with Crippen LogP contribution in [0.15, 0.2) is 91.9 Å². The lowest BCUT2D eigenvalue weighted by atomic mass is 9.91. The number of imidazole rings is 2. The third kappa shape index (κ3) is 5.89. The average molecular weight is 605 g/mol. The van der Waals surface area contributed by atoms with Gasteiger partial charge in [0.05, 0.1) is 30.9 Å². The molecule has 5 N–H and O–H groups in total. The van der Waals surface area contributed by atoms with E-state index in [1.165, 1.54) is 11.1 Å². The Balaban J connectivity index is 1.22. The summed E-state index contributed by atoms with van der Waals surface area (Å²) in [7, 11) is 0. The SMILES string of the molecule is Cc1cnn([C@H]2C[C@@H](n3cnc4c(NCC(c5ccccc5)c5ccccc5)nc(NCCc5cnc[nH]5)nc43)[C@H](O)[C@@H]2O)c1. The molecule has 4 atom stereocenters. The van der Waals surface area contributed by atoms with Gasteiger partial charge < -0.3 is 30.4 Å². The van der Waals surface area contributed by atoms with E-state index in [9.17, 15) is 10.2 Å². The molecule has 1 aliphatic carbocycles. The highest BCUT2D eigenvalue weighted by molar-refractivity contribution is 5.84. The quantitative estimate of drug-likeness (QED) is 0.148. The van der Waals surface area contributed by atoms with Crippen molar-refractivity contribution >= 4 is 22.9 Å². The predicted molar refractivity (Wildman–Crippen MR) is 171 cm³/mol. The van der Waals surface area contributed by atoms with Gasteiger partial charge >= 0.3 is 0 Å². The maximum atomic E-state index is 11.2. The van der Waals surface area contributed by atoms with Gasteiger partial charge in [-0.15, -0.1) is 0 Å². The molecule has 230 valence electrons. The summed E-state index contributed by atoms with van der Waals surface area (Å²) in [5.74, 6) is 1.10. The van der Waals surface area contributed by atoms with Gasteiger partial charge in [0.1, 0.15) is 12.2 Å². The van der Waals surface area contributed by atoms with Crippen LogP contribution in [-0.2, 0) is 6.42 Å². The zero-order valence-corrected chi connectivity index (χ0v) is 24.9. The molecular formula is C33H36N10O2. The average Bonchev–Trinajstić information content (AvgIpc) is 3.88. The Morgan fingerprint density at radius 1 is 0.933 bits per heavy atom. The van der Waals surface area contributed by atoms with Crippen molar-refractivity contribution in [1.29, 1.82) is 0 Å². The van der Waals surface area contributed by atoms with Crippen molar-refractivity contribution in [2.45, 2.75) is 50.0 Å². The number of aromatic nitrogens is 8. The van der Waals surface area contributed by atoms with Gasteiger partial charge in [0.15, 0.2) is 17.0 Å². The molecule has 12 nitrogen and oxygen atoms in total. The number of H-pyrrole nitrogens is 1. The van der Waals surface area contributed by atoms with Crippen molar-refractivity contribution in [2.24, 2.45) is 0 Å². The van der Waals surface area contributed by atoms with Crippen LogP contribution in [0.25, 0.3) is 11.2 Å². The van der Waals surface area contributed by atoms with Crippen LogP contribution in [-0.4, -0.2) is 74.8 Å². The second-order valence-electron chi connectivity index (χ2n) is 11.6. The molecule has 45 heavy (non-hydrogen) atoms. The molecule has 6 aromatic rings. The van der Waals surface area contributed by atoms with E-state index in [0.717, 1.165) is 11.3 Å². The lowest BCUT2D eigenvalue weighted by Crippen LogP contribution is -2.30. The van der Waals surface area contributed by atoms with Crippen molar-refractivity contribution in [3.63, 3.8) is 0 Å². The van der Waals surface area contributed by atoms with Crippen LogP contribution in [0.2, 0.25) is 0 Å². The largest absolute Gasteiger partial charge is 0.388 e. The minimum atomic E-state index is -1.03. The minimum Gasteiger partial charge on any atom is -0.388 e. The number of fused-ring (bicyclic) bond motifs is 1. The van der Waals surface area contributed by atoms with E-state index in [1.807, 2.05) is 29.8 Å². The number of anilines is 2. The Kier molecular flexibility index (Phi) is 7.97. The Labute approximate surface area is 260 Å². The van der Waals surface area contributed by atoms with Crippen molar-refractivity contribution in [2.75, 3.05) is 23.7 Å². The van der Waals surface area contributed by atoms with E-state index in [2.05, 4.69) is 74.2 Å². The van der Waals surface area contributed by atoms with E-state index in [1.54, 1.807) is 29.7 Å². The number of hydrogen-bond acceptors (Lipinski definition) is 9. The summed E-state index contributed by atoms with van der Waals surface area (Å²) in [5, 5.41) is 33.6. The van der Waals surface area contributed by atoms with Gasteiger partial charge in [-0.3, -0.25) is 4.68 Å². The molecule has 7 rings (SSSR count). The Morgan fingerprint density at radius 2 is 1.67 bits per heavy atom. The maximum absolute atomic E-state index is 11.2. The van der Waals surface area contributed by atoms with Crippen LogP contribution in [0.4, 0.5) is 11.8 Å². The molecule has 0 aliphatic heterocycles. The number of aliphatic hydroxyl groups is 2. The van der Waals surface area contributed by atoms with E-state index in [0.29, 0.717) is 48.9 Å². The zero-order chi connectivity index (χ0) is 30.8. The highest BCUT2D eigenvalue weighted by atomic mass is 16.3. The molecule has 0 bridgehead atoms. The van der Waals surface area contributed by atoms with Gasteiger partial charge in [-0.25, -0.2) is 9.97 Å². The number of nitrogens with one attached hydrogen (secondary N) is 3. The monoisotopic (exact) mass is 604 g/mol. The van der Waals surface area contributed by atoms with Crippen molar-refractivity contribution in [1.82, 2.24) is 39.3 Å². The van der Waals surface area contributed by atoms with Crippen LogP contribution in [0.1, 0.15) is 46.8 Å². The first-order valence-corrected chi connectivity index (χ1v) is 15.2. The second-order valence-corrected chi connectivity index (χ2v) is 11.6. The molecule has 12 heteroatoms. The van der Waals surface area contributed by atoms with E-state index in [-0.39, 0.29) is 12.0 Å². The maximum Gasteiger partial charge on any atom is 0.226 e. The summed E-state index contributed by atoms with van der Waals surface area (Å²) in [5.41, 5.74) is 5.53. The zero-order valence-electron chi connectivity index (χ0n) is 24.9. The molecule has 4 aromatic heterocycles. The van der Waals surface area contributed by atoms with Crippen molar-refractivity contribution in [3.05, 3.63) is 114 Å². The Bertz CT molecular complexity index is 1800. The van der Waals surface area contributed by atoms with Gasteiger partial charge in [-0.05, 0) is 30.0 Å². The summed E-state index contributed by atoms with van der Waals surface area (Å²) < 4.78 is 3.60. The number of aromatic amines is 1. The molecule has 0 radical (unpaired) electrons. The third-order valence-corrected chi connectivity index (χ3v) is 8.58. The highest BCUT2D eigenvalue weighted by Crippen LogP contribution is 2.40. The number of rotatable bonds is 11. The van der Waals surface area contributed by atoms with Crippen LogP contribution < -0.4 is 10.6 Å². The number of aliphatic hydroxyl groups excluding tert-OH is 2. The van der Waals surface area contributed by atoms with Gasteiger partial charge in [0.25, 0.3) is 0 Å². The predicted octanol–water partition coefficient (Wildman–Crippen LogP) is 3.86. The molecule has 0 spiro atoms. The van der Waals surface area contributed by atoms with E-state index in [4.69, 9.17) is 15.0 Å². The normalized spacial score (nSPS) is 19.8. The van der Waals surface area contributed by atoms with E-state index < -0.39 is 18.2 Å². The lowest BCUT2D eigenvalue weighted by molar-refractivity contribution is 0.00722. The molecule has 2 aromatic carbocycles. The summed E-state index contributed by atoms with van der Waals surface area (Å²) in [6, 6.07) is 20.0. The lowest BCUT2D eigenvalue weighted by Gasteiger charge is -2.20. The summed E-state index contributed by atoms with van der Waals surface area (Å²) in [6.45, 7) is 3.12. The fourth-order valence-electron chi connectivity index (χ4n) is 6.23. The fraction of sp³-hybridized carbons (Fsp3) is 0.303. The van der Waals surface area contributed by atoms with Crippen LogP contribution >= 0.6 is 0 Å². The highest BCUT2D eigenvalue weighted by Gasteiger charge is 2.44. The van der Waals surface area contributed by atoms with Gasteiger partial charge in [0.2, 0.25) is 5.95 Å². The molecule has 4 heterocycles. The summed E-state index contributed by atoms with van der Waals surface area (Å²) in [4.78, 5) is 21.7. The van der Waals surface area contributed by atoms with Gasteiger partial charge in [-0.2, -0.15) is 15.1 Å². The molecular weight excluding hydrogens is 568 g/mol. The standard InChI is InChI=1S/C33H36N10O2/c1-21-15-39-43(18-21)27-14-26(29(44)30(27)45)42-20-38-28-31(40-33(41-32(28)42)35-13-12-24-16-34-19-37-24)36-17-25(22-8-4-2-5-9-22)23-10-6-3-7-11-23/h2-11,15-16,18-20,25-27,29-30,44-45H,12-14,17H2,1H3,(H,34,37)(H2,35,36,40,41)/t26-,27+,29+,30-/m1/s1. The molecule has 1 aliphatic rings. The number of hydrogen-bond donors (Lipinski definition) is 5. The number of benzene rings is 2. The first kappa shape index (κ1) is 28.7. The number of nitrogens with zero attached hydrogens (tertiary/aromatic N) is 7. The van der Waals surface area contributed by atoms with E-state index >= 15 is 0 Å². The molecule has 1 fully saturated rings. The first-order valence-electron chi connectivity index (χ1n) is 15.2. The summed E-state index contributed by atoms with van der Waals surface area (Å²) in [6.07, 6.45) is 7.94. The van der Waals surface area contributed by atoms with Crippen molar-refractivity contribution in [3.8, 4) is 0 Å². The first-order chi connectivity index (χ1) is 22.0. The molecule has 1 saturated carbocycles. The molecule has 0 saturated heterocycles. The smallest absolute Gasteiger partial charge is 0.226 e. The van der Waals surface area contributed by atoms with Gasteiger partial charge in [-0.1, -0.05) is 60.7 Å². The van der Waals surface area contributed by atoms with Crippen molar-refractivity contribution < 1.29 is 10.2 Å². The molecule has 0 amide bonds. The number of aryl methyl sites for hydroxylation is 1. The van der Waals surface area contributed by atoms with Crippen LogP contribution in [0.3, 0.4) is 0 Å². The Hall–Kier alpha value is -5.07. The topological polar surface area (TPSA) is 155 Å². The third-order valence-electron chi connectivity index (χ3n) is 8.58. The summed E-state index contributed by atoms with van der Waals surface area (Å²) >= 11 is 0.